The van der Waals surface area contributed by atoms with Crippen molar-refractivity contribution in [1.82, 2.24) is 14.8 Å². The Morgan fingerprint density at radius 3 is 2.59 bits per heavy atom. The minimum Gasteiger partial charge on any atom is -0.265 e. The third kappa shape index (κ3) is 3.04. The van der Waals surface area contributed by atoms with Crippen molar-refractivity contribution in [3.63, 3.8) is 0 Å². The number of pyridine rings is 1. The van der Waals surface area contributed by atoms with E-state index in [4.69, 9.17) is 10.7 Å². The van der Waals surface area contributed by atoms with Crippen LogP contribution in [0.25, 0.3) is 5.69 Å². The fraction of sp³-hybridized carbons (Fsp3) is 0.200. The van der Waals surface area contributed by atoms with Crippen molar-refractivity contribution < 1.29 is 8.42 Å². The molecule has 0 radical (unpaired) electrons. The van der Waals surface area contributed by atoms with Crippen molar-refractivity contribution in [3.05, 3.63) is 42.0 Å². The zero-order valence-corrected chi connectivity index (χ0v) is 10.6. The van der Waals surface area contributed by atoms with Crippen LogP contribution < -0.4 is 0 Å². The molecule has 0 amide bonds. The first-order valence-corrected chi connectivity index (χ1v) is 7.31. The molecule has 90 valence electrons. The van der Waals surface area contributed by atoms with Crippen LogP contribution in [0.2, 0.25) is 0 Å². The first kappa shape index (κ1) is 12.1. The van der Waals surface area contributed by atoms with Gasteiger partial charge in [-0.25, -0.2) is 13.1 Å². The molecule has 2 aromatic heterocycles. The summed E-state index contributed by atoms with van der Waals surface area (Å²) in [5.74, 6) is -0.217. The molecule has 7 heteroatoms. The molecular weight excluding hydrogens is 262 g/mol. The van der Waals surface area contributed by atoms with Gasteiger partial charge in [0.05, 0.1) is 17.1 Å². The molecule has 0 unspecified atom stereocenters. The van der Waals surface area contributed by atoms with Crippen molar-refractivity contribution in [1.29, 1.82) is 0 Å². The quantitative estimate of drug-likeness (QED) is 0.796. The number of rotatable bonds is 3. The van der Waals surface area contributed by atoms with E-state index in [0.29, 0.717) is 11.3 Å². The van der Waals surface area contributed by atoms with Gasteiger partial charge in [0.2, 0.25) is 9.05 Å². The summed E-state index contributed by atoms with van der Waals surface area (Å²) in [6.45, 7) is 1.75. The van der Waals surface area contributed by atoms with Crippen LogP contribution in [0.15, 0.2) is 30.7 Å². The van der Waals surface area contributed by atoms with Gasteiger partial charge >= 0.3 is 0 Å². The molecule has 0 spiro atoms. The van der Waals surface area contributed by atoms with E-state index in [9.17, 15) is 8.42 Å². The Morgan fingerprint density at radius 1 is 1.35 bits per heavy atom. The Bertz CT molecular complexity index is 622. The Balaban J connectivity index is 2.38. The van der Waals surface area contributed by atoms with Crippen LogP contribution in [0.4, 0.5) is 0 Å². The molecule has 0 saturated heterocycles. The Kier molecular flexibility index (Phi) is 3.17. The van der Waals surface area contributed by atoms with E-state index in [1.807, 2.05) is 0 Å². The van der Waals surface area contributed by atoms with Gasteiger partial charge in [0.25, 0.3) is 0 Å². The summed E-state index contributed by atoms with van der Waals surface area (Å²) in [4.78, 5) is 3.90. The lowest BCUT2D eigenvalue weighted by Gasteiger charge is -1.98. The van der Waals surface area contributed by atoms with Crippen molar-refractivity contribution in [2.24, 2.45) is 0 Å². The zero-order valence-electron chi connectivity index (χ0n) is 9.04. The molecular formula is C10H10ClN3O2S. The molecule has 0 aliphatic heterocycles. The summed E-state index contributed by atoms with van der Waals surface area (Å²) in [5.41, 5.74) is 2.06. The van der Waals surface area contributed by atoms with Crippen LogP contribution in [-0.4, -0.2) is 23.2 Å². The predicted octanol–water partition coefficient (Wildman–Crippen LogP) is 1.64. The minimum absolute atomic E-state index is 0.217. The van der Waals surface area contributed by atoms with E-state index in [0.717, 1.165) is 5.69 Å². The SMILES string of the molecule is Cc1nn(-c2ccncc2)cc1CS(=O)(=O)Cl. The second kappa shape index (κ2) is 4.46. The van der Waals surface area contributed by atoms with Crippen LogP contribution in [0.5, 0.6) is 0 Å². The van der Waals surface area contributed by atoms with Crippen LogP contribution in [0, 0.1) is 6.92 Å². The third-order valence-corrected chi connectivity index (χ3v) is 3.24. The summed E-state index contributed by atoms with van der Waals surface area (Å²) in [7, 11) is 1.66. The van der Waals surface area contributed by atoms with E-state index in [2.05, 4.69) is 10.1 Å². The van der Waals surface area contributed by atoms with E-state index in [1.54, 1.807) is 42.3 Å². The fourth-order valence-corrected chi connectivity index (χ4v) is 2.46. The van der Waals surface area contributed by atoms with Gasteiger partial charge in [-0.1, -0.05) is 0 Å². The molecule has 0 aliphatic rings. The highest BCUT2D eigenvalue weighted by molar-refractivity contribution is 8.13. The number of hydrogen-bond acceptors (Lipinski definition) is 4. The summed E-state index contributed by atoms with van der Waals surface area (Å²) in [6, 6.07) is 3.57. The second-order valence-electron chi connectivity index (χ2n) is 3.57. The highest BCUT2D eigenvalue weighted by atomic mass is 35.7. The minimum atomic E-state index is -3.56. The van der Waals surface area contributed by atoms with E-state index >= 15 is 0 Å². The maximum absolute atomic E-state index is 11.0. The van der Waals surface area contributed by atoms with Gasteiger partial charge in [-0.15, -0.1) is 0 Å². The average Bonchev–Trinajstić information content (AvgIpc) is 2.59. The standard InChI is InChI=1S/C10H10ClN3O2S/c1-8-9(7-17(11,15)16)6-14(13-8)10-2-4-12-5-3-10/h2-6H,7H2,1H3. The molecule has 0 atom stereocenters. The fourth-order valence-electron chi connectivity index (χ4n) is 1.45. The Hall–Kier alpha value is -1.40. The molecule has 2 aromatic rings. The van der Waals surface area contributed by atoms with Crippen molar-refractivity contribution >= 4 is 19.7 Å². The maximum Gasteiger partial charge on any atom is 0.236 e. The van der Waals surface area contributed by atoms with Gasteiger partial charge in [0.15, 0.2) is 0 Å². The number of halogens is 1. The molecule has 17 heavy (non-hydrogen) atoms. The summed E-state index contributed by atoms with van der Waals surface area (Å²) < 4.78 is 23.6. The first-order valence-electron chi connectivity index (χ1n) is 4.83. The van der Waals surface area contributed by atoms with E-state index in [1.165, 1.54) is 0 Å². The lowest BCUT2D eigenvalue weighted by molar-refractivity contribution is 0.608. The smallest absolute Gasteiger partial charge is 0.236 e. The van der Waals surface area contributed by atoms with Crippen molar-refractivity contribution in [2.45, 2.75) is 12.7 Å². The molecule has 0 bridgehead atoms. The summed E-state index contributed by atoms with van der Waals surface area (Å²) in [6.07, 6.45) is 4.94. The van der Waals surface area contributed by atoms with Gasteiger partial charge in [0.1, 0.15) is 0 Å². The molecule has 5 nitrogen and oxygen atoms in total. The highest BCUT2D eigenvalue weighted by Gasteiger charge is 2.13. The zero-order chi connectivity index (χ0) is 12.5. The first-order chi connectivity index (χ1) is 7.96. The van der Waals surface area contributed by atoms with Crippen LogP contribution >= 0.6 is 10.7 Å². The molecule has 2 heterocycles. The lowest BCUT2D eigenvalue weighted by Crippen LogP contribution is -1.95. The monoisotopic (exact) mass is 271 g/mol. The number of hydrogen-bond donors (Lipinski definition) is 0. The van der Waals surface area contributed by atoms with Gasteiger partial charge in [0, 0.05) is 34.8 Å². The van der Waals surface area contributed by atoms with E-state index in [-0.39, 0.29) is 5.75 Å². The van der Waals surface area contributed by atoms with Crippen LogP contribution in [0.3, 0.4) is 0 Å². The Labute approximate surface area is 103 Å². The highest BCUT2D eigenvalue weighted by Crippen LogP contribution is 2.15. The largest absolute Gasteiger partial charge is 0.265 e. The van der Waals surface area contributed by atoms with Gasteiger partial charge in [-0.3, -0.25) is 4.98 Å². The topological polar surface area (TPSA) is 64.8 Å². The van der Waals surface area contributed by atoms with Gasteiger partial charge in [-0.2, -0.15) is 5.10 Å². The summed E-state index contributed by atoms with van der Waals surface area (Å²) >= 11 is 0. The molecule has 0 aliphatic carbocycles. The number of aromatic nitrogens is 3. The van der Waals surface area contributed by atoms with Crippen molar-refractivity contribution in [3.8, 4) is 5.69 Å². The Morgan fingerprint density at radius 2 is 2.00 bits per heavy atom. The molecule has 0 fully saturated rings. The molecule has 0 saturated carbocycles. The average molecular weight is 272 g/mol. The van der Waals surface area contributed by atoms with Crippen LogP contribution in [0.1, 0.15) is 11.3 Å². The predicted molar refractivity (Wildman–Crippen MR) is 64.6 cm³/mol. The third-order valence-electron chi connectivity index (χ3n) is 2.26. The molecule has 0 aromatic carbocycles. The van der Waals surface area contributed by atoms with E-state index < -0.39 is 9.05 Å². The maximum atomic E-state index is 11.0. The molecule has 0 N–H and O–H groups in total. The lowest BCUT2D eigenvalue weighted by atomic mass is 10.3. The second-order valence-corrected chi connectivity index (χ2v) is 6.35. The van der Waals surface area contributed by atoms with Gasteiger partial charge in [-0.05, 0) is 19.1 Å². The van der Waals surface area contributed by atoms with Gasteiger partial charge < -0.3 is 0 Å². The molecule has 2 rings (SSSR count). The normalized spacial score (nSPS) is 11.6. The summed E-state index contributed by atoms with van der Waals surface area (Å²) in [5, 5.41) is 4.23. The van der Waals surface area contributed by atoms with Crippen molar-refractivity contribution in [2.75, 3.05) is 0 Å². The number of nitrogens with zero attached hydrogens (tertiary/aromatic N) is 3. The number of aryl methyl sites for hydroxylation is 1. The van der Waals surface area contributed by atoms with Crippen LogP contribution in [-0.2, 0) is 14.8 Å².